The van der Waals surface area contributed by atoms with Gasteiger partial charge in [-0.3, -0.25) is 14.9 Å². The zero-order chi connectivity index (χ0) is 16.9. The van der Waals surface area contributed by atoms with Crippen molar-refractivity contribution in [1.82, 2.24) is 15.2 Å². The molecule has 0 radical (unpaired) electrons. The van der Waals surface area contributed by atoms with Gasteiger partial charge in [-0.05, 0) is 0 Å². The number of aromatic nitrogens is 3. The highest BCUT2D eigenvalue weighted by molar-refractivity contribution is 8.01. The molecular formula is C13H9N5O3S3. The molecule has 2 aromatic heterocycles. The maximum absolute atomic E-state index is 11.9. The van der Waals surface area contributed by atoms with Gasteiger partial charge in [0, 0.05) is 23.1 Å². The normalized spacial score (nSPS) is 10.5. The Balaban J connectivity index is 1.64. The summed E-state index contributed by atoms with van der Waals surface area (Å²) >= 11 is 3.93. The lowest BCUT2D eigenvalue weighted by molar-refractivity contribution is -0.384. The van der Waals surface area contributed by atoms with E-state index < -0.39 is 4.92 Å². The highest BCUT2D eigenvalue weighted by Gasteiger charge is 2.12. The summed E-state index contributed by atoms with van der Waals surface area (Å²) in [5.41, 5.74) is 2.81. The fourth-order valence-electron chi connectivity index (χ4n) is 1.75. The number of carbonyl (C=O) groups excluding carboxylic acids is 1. The molecule has 3 aromatic rings. The van der Waals surface area contributed by atoms with E-state index in [1.54, 1.807) is 23.0 Å². The van der Waals surface area contributed by atoms with E-state index >= 15 is 0 Å². The Kier molecular flexibility index (Phi) is 5.13. The largest absolute Gasteiger partial charge is 0.301 e. The van der Waals surface area contributed by atoms with Crippen LogP contribution in [0.1, 0.15) is 0 Å². The number of amides is 1. The third-order valence-corrected chi connectivity index (χ3v) is 5.39. The fraction of sp³-hybridized carbons (Fsp3) is 0.0769. The number of hydrogen-bond acceptors (Lipinski definition) is 9. The molecule has 8 nitrogen and oxygen atoms in total. The fourth-order valence-corrected chi connectivity index (χ4v) is 3.78. The van der Waals surface area contributed by atoms with Gasteiger partial charge in [0.05, 0.1) is 16.4 Å². The number of nitro groups is 1. The lowest BCUT2D eigenvalue weighted by Crippen LogP contribution is -2.13. The molecule has 11 heteroatoms. The van der Waals surface area contributed by atoms with Crippen LogP contribution in [0.5, 0.6) is 0 Å². The Morgan fingerprint density at radius 1 is 1.38 bits per heavy atom. The Morgan fingerprint density at radius 2 is 2.25 bits per heavy atom. The minimum atomic E-state index is -0.455. The van der Waals surface area contributed by atoms with Gasteiger partial charge < -0.3 is 5.32 Å². The van der Waals surface area contributed by atoms with Crippen molar-refractivity contribution >= 4 is 51.2 Å². The number of thioether (sulfide) groups is 1. The Morgan fingerprint density at radius 3 is 3.00 bits per heavy atom. The van der Waals surface area contributed by atoms with Crippen molar-refractivity contribution in [3.63, 3.8) is 0 Å². The molecule has 3 rings (SSSR count). The summed E-state index contributed by atoms with van der Waals surface area (Å²) in [5, 5.41) is 23.3. The second-order valence-corrected chi connectivity index (χ2v) is 7.30. The van der Waals surface area contributed by atoms with Crippen LogP contribution in [0.25, 0.3) is 11.3 Å². The third kappa shape index (κ3) is 4.13. The lowest BCUT2D eigenvalue weighted by Gasteiger charge is -1.99. The summed E-state index contributed by atoms with van der Waals surface area (Å²) in [6.45, 7) is 0. The minimum absolute atomic E-state index is 0.000423. The Labute approximate surface area is 148 Å². The van der Waals surface area contributed by atoms with Crippen LogP contribution in [0, 0.1) is 10.1 Å². The molecule has 0 atom stereocenters. The van der Waals surface area contributed by atoms with Gasteiger partial charge in [-0.1, -0.05) is 35.2 Å². The standard InChI is InChI=1S/C13H9N5O3S3/c19-11(6-23-13-17-14-7-24-13)16-12-15-10(5-22-12)8-2-1-3-9(4-8)18(20)21/h1-5,7H,6H2,(H,15,16,19). The molecule has 0 fully saturated rings. The van der Waals surface area contributed by atoms with Gasteiger partial charge in [0.1, 0.15) is 5.51 Å². The van der Waals surface area contributed by atoms with Gasteiger partial charge in [0.25, 0.3) is 5.69 Å². The Hall–Kier alpha value is -2.37. The maximum Gasteiger partial charge on any atom is 0.270 e. The number of carbonyl (C=O) groups is 1. The first kappa shape index (κ1) is 16.5. The first-order valence-electron chi connectivity index (χ1n) is 6.51. The predicted molar refractivity (Wildman–Crippen MR) is 93.5 cm³/mol. The highest BCUT2D eigenvalue weighted by Crippen LogP contribution is 2.27. The topological polar surface area (TPSA) is 111 Å². The van der Waals surface area contributed by atoms with Crippen LogP contribution in [0.4, 0.5) is 10.8 Å². The van der Waals surface area contributed by atoms with Gasteiger partial charge in [-0.2, -0.15) is 0 Å². The van der Waals surface area contributed by atoms with Crippen molar-refractivity contribution in [2.45, 2.75) is 4.34 Å². The molecule has 2 heterocycles. The number of anilines is 1. The van der Waals surface area contributed by atoms with E-state index in [1.807, 2.05) is 0 Å². The second-order valence-electron chi connectivity index (χ2n) is 4.39. The van der Waals surface area contributed by atoms with Gasteiger partial charge >= 0.3 is 0 Å². The first-order valence-corrected chi connectivity index (χ1v) is 9.25. The van der Waals surface area contributed by atoms with Crippen LogP contribution in [0.15, 0.2) is 39.5 Å². The van der Waals surface area contributed by atoms with Crippen LogP contribution >= 0.6 is 34.4 Å². The molecule has 0 aliphatic rings. The molecule has 0 aliphatic heterocycles. The molecule has 0 unspecified atom stereocenters. The van der Waals surface area contributed by atoms with Crippen LogP contribution in [0.3, 0.4) is 0 Å². The van der Waals surface area contributed by atoms with E-state index in [2.05, 4.69) is 20.5 Å². The van der Waals surface area contributed by atoms with Gasteiger partial charge in [0.15, 0.2) is 9.47 Å². The summed E-state index contributed by atoms with van der Waals surface area (Å²) in [6.07, 6.45) is 0. The van der Waals surface area contributed by atoms with Crippen LogP contribution in [-0.4, -0.2) is 31.8 Å². The third-order valence-electron chi connectivity index (χ3n) is 2.77. The summed E-state index contributed by atoms with van der Waals surface area (Å²) in [7, 11) is 0. The zero-order valence-corrected chi connectivity index (χ0v) is 14.4. The van der Waals surface area contributed by atoms with Gasteiger partial charge in [0.2, 0.25) is 5.91 Å². The molecule has 0 saturated heterocycles. The quantitative estimate of drug-likeness (QED) is 0.397. The van der Waals surface area contributed by atoms with Crippen molar-refractivity contribution < 1.29 is 9.72 Å². The lowest BCUT2D eigenvalue weighted by atomic mass is 10.1. The molecule has 0 aliphatic carbocycles. The molecular weight excluding hydrogens is 370 g/mol. The number of hydrogen-bond donors (Lipinski definition) is 1. The second kappa shape index (κ2) is 7.47. The van der Waals surface area contributed by atoms with Crippen molar-refractivity contribution in [3.05, 3.63) is 45.3 Å². The number of non-ortho nitro benzene ring substituents is 1. The van der Waals surface area contributed by atoms with E-state index in [0.717, 1.165) is 4.34 Å². The monoisotopic (exact) mass is 379 g/mol. The van der Waals surface area contributed by atoms with Gasteiger partial charge in [-0.15, -0.1) is 21.5 Å². The number of nitrogens with zero attached hydrogens (tertiary/aromatic N) is 4. The number of nitrogens with one attached hydrogen (secondary N) is 1. The maximum atomic E-state index is 11.9. The number of nitro benzene ring substituents is 1. The van der Waals surface area contributed by atoms with Crippen LogP contribution in [0.2, 0.25) is 0 Å². The van der Waals surface area contributed by atoms with Crippen molar-refractivity contribution in [2.75, 3.05) is 11.1 Å². The summed E-state index contributed by atoms with van der Waals surface area (Å²) in [6, 6.07) is 6.21. The average molecular weight is 379 g/mol. The number of thiazole rings is 1. The molecule has 0 bridgehead atoms. The molecule has 0 saturated carbocycles. The van der Waals surface area contributed by atoms with Crippen LogP contribution < -0.4 is 5.32 Å². The molecule has 0 spiro atoms. The molecule has 1 N–H and O–H groups in total. The van der Waals surface area contributed by atoms with E-state index in [1.165, 1.54) is 46.6 Å². The van der Waals surface area contributed by atoms with Crippen molar-refractivity contribution in [2.24, 2.45) is 0 Å². The van der Waals surface area contributed by atoms with Crippen molar-refractivity contribution in [3.8, 4) is 11.3 Å². The first-order chi connectivity index (χ1) is 11.6. The number of benzene rings is 1. The summed E-state index contributed by atoms with van der Waals surface area (Å²) < 4.78 is 0.724. The smallest absolute Gasteiger partial charge is 0.270 e. The van der Waals surface area contributed by atoms with Crippen molar-refractivity contribution in [1.29, 1.82) is 0 Å². The van der Waals surface area contributed by atoms with Gasteiger partial charge in [-0.25, -0.2) is 4.98 Å². The zero-order valence-electron chi connectivity index (χ0n) is 11.9. The summed E-state index contributed by atoms with van der Waals surface area (Å²) in [5.74, 6) is 0.0103. The SMILES string of the molecule is O=C(CSc1nncs1)Nc1nc(-c2cccc([N+](=O)[O-])c2)cs1. The minimum Gasteiger partial charge on any atom is -0.301 e. The highest BCUT2D eigenvalue weighted by atomic mass is 32.2. The Bertz CT molecular complexity index is 865. The molecule has 122 valence electrons. The van der Waals surface area contributed by atoms with E-state index in [-0.39, 0.29) is 17.3 Å². The predicted octanol–water partition coefficient (Wildman–Crippen LogP) is 3.30. The molecule has 1 amide bonds. The summed E-state index contributed by atoms with van der Waals surface area (Å²) in [4.78, 5) is 26.6. The van der Waals surface area contributed by atoms with E-state index in [9.17, 15) is 14.9 Å². The van der Waals surface area contributed by atoms with Crippen LogP contribution in [-0.2, 0) is 4.79 Å². The molecule has 1 aromatic carbocycles. The molecule has 24 heavy (non-hydrogen) atoms. The van der Waals surface area contributed by atoms with E-state index in [4.69, 9.17) is 0 Å². The van der Waals surface area contributed by atoms with E-state index in [0.29, 0.717) is 16.4 Å². The average Bonchev–Trinajstić information content (AvgIpc) is 3.25. The number of rotatable bonds is 6.